The summed E-state index contributed by atoms with van der Waals surface area (Å²) >= 11 is 0. The van der Waals surface area contributed by atoms with Gasteiger partial charge in [-0.25, -0.2) is 13.2 Å². The summed E-state index contributed by atoms with van der Waals surface area (Å²) in [5.41, 5.74) is 0.896. The molecule has 0 aliphatic carbocycles. The number of benzene rings is 2. The van der Waals surface area contributed by atoms with Crippen LogP contribution in [0, 0.1) is 0 Å². The third kappa shape index (κ3) is 3.71. The second-order valence-corrected chi connectivity index (χ2v) is 10.3. The summed E-state index contributed by atoms with van der Waals surface area (Å²) in [5, 5.41) is 6.89. The van der Waals surface area contributed by atoms with Crippen molar-refractivity contribution in [2.24, 2.45) is 7.05 Å². The summed E-state index contributed by atoms with van der Waals surface area (Å²) in [5.74, 6) is -0.586. The van der Waals surface area contributed by atoms with Crippen molar-refractivity contribution in [2.45, 2.75) is 12.4 Å². The minimum atomic E-state index is -3.59. The van der Waals surface area contributed by atoms with Gasteiger partial charge < -0.3 is 0 Å². The smallest absolute Gasteiger partial charge is 0.268 e. The van der Waals surface area contributed by atoms with Crippen molar-refractivity contribution in [1.29, 1.82) is 0 Å². The van der Waals surface area contributed by atoms with Crippen LogP contribution in [-0.2, 0) is 29.3 Å². The lowest BCUT2D eigenvalue weighted by molar-refractivity contribution is 0.582. The number of hydrogen-bond acceptors (Lipinski definition) is 6. The molecule has 0 radical (unpaired) electrons. The van der Waals surface area contributed by atoms with Crippen molar-refractivity contribution in [3.8, 4) is 11.3 Å². The van der Waals surface area contributed by atoms with Gasteiger partial charge >= 0.3 is 5.69 Å². The van der Waals surface area contributed by atoms with Crippen LogP contribution in [0.15, 0.2) is 76.6 Å². The Hall–Kier alpha value is -4.05. The van der Waals surface area contributed by atoms with E-state index >= 15 is 0 Å². The van der Waals surface area contributed by atoms with Crippen LogP contribution in [0.2, 0.25) is 0 Å². The maximum atomic E-state index is 13.3. The summed E-state index contributed by atoms with van der Waals surface area (Å²) in [7, 11) is -2.25. The standard InChI is InChI=1S/C24H21N5O4S/c1-27-23(30)20-21(17-10-12-25-13-11-17)29(26-22(20)28(24(27)31)15-34(2,32)33)14-18-8-5-7-16-6-3-4-9-19(16)18/h3-13H,14-15H2,1-2H3. The SMILES string of the molecule is Cn1c(=O)c2c(-c3ccncc3)n(Cc3cccc4ccccc34)nc2n(CS(C)(=O)=O)c1=O. The van der Waals surface area contributed by atoms with E-state index < -0.39 is 27.0 Å². The fraction of sp³-hybridized carbons (Fsp3) is 0.167. The van der Waals surface area contributed by atoms with Crippen LogP contribution in [0.1, 0.15) is 5.56 Å². The lowest BCUT2D eigenvalue weighted by atomic mass is 10.0. The first-order valence-corrected chi connectivity index (χ1v) is 12.6. The van der Waals surface area contributed by atoms with Gasteiger partial charge in [0.2, 0.25) is 0 Å². The number of pyridine rings is 1. The Balaban J connectivity index is 1.86. The van der Waals surface area contributed by atoms with Crippen molar-refractivity contribution in [3.63, 3.8) is 0 Å². The van der Waals surface area contributed by atoms with Gasteiger partial charge in [0.05, 0.1) is 12.2 Å². The minimum Gasteiger partial charge on any atom is -0.268 e. The first kappa shape index (κ1) is 21.8. The molecule has 3 aromatic heterocycles. The molecule has 0 saturated carbocycles. The molecule has 9 nitrogen and oxygen atoms in total. The lowest BCUT2D eigenvalue weighted by Gasteiger charge is -2.10. The average Bonchev–Trinajstić information content (AvgIpc) is 3.20. The van der Waals surface area contributed by atoms with E-state index in [1.807, 2.05) is 42.5 Å². The number of rotatable bonds is 5. The van der Waals surface area contributed by atoms with Crippen LogP contribution in [-0.4, -0.2) is 38.6 Å². The Morgan fingerprint density at radius 2 is 1.65 bits per heavy atom. The van der Waals surface area contributed by atoms with Crippen LogP contribution in [0.25, 0.3) is 33.1 Å². The highest BCUT2D eigenvalue weighted by molar-refractivity contribution is 7.89. The van der Waals surface area contributed by atoms with Gasteiger partial charge in [-0.15, -0.1) is 0 Å². The van der Waals surface area contributed by atoms with Crippen LogP contribution < -0.4 is 11.2 Å². The van der Waals surface area contributed by atoms with E-state index in [0.717, 1.165) is 31.7 Å². The predicted molar refractivity (Wildman–Crippen MR) is 130 cm³/mol. The number of aromatic nitrogens is 5. The normalized spacial score (nSPS) is 11.9. The van der Waals surface area contributed by atoms with Crippen LogP contribution in [0.3, 0.4) is 0 Å². The second-order valence-electron chi connectivity index (χ2n) is 8.21. The summed E-state index contributed by atoms with van der Waals surface area (Å²) in [6, 6.07) is 17.4. The summed E-state index contributed by atoms with van der Waals surface area (Å²) in [6.45, 7) is 0.309. The van der Waals surface area contributed by atoms with E-state index in [0.29, 0.717) is 17.8 Å². The highest BCUT2D eigenvalue weighted by Crippen LogP contribution is 2.28. The summed E-state index contributed by atoms with van der Waals surface area (Å²) in [6.07, 6.45) is 4.24. The fourth-order valence-corrected chi connectivity index (χ4v) is 4.92. The largest absolute Gasteiger partial charge is 0.333 e. The van der Waals surface area contributed by atoms with Crippen molar-refractivity contribution in [3.05, 3.63) is 93.4 Å². The van der Waals surface area contributed by atoms with Gasteiger partial charge in [0.1, 0.15) is 11.3 Å². The topological polar surface area (TPSA) is 109 Å². The summed E-state index contributed by atoms with van der Waals surface area (Å²) < 4.78 is 27.8. The van der Waals surface area contributed by atoms with E-state index in [2.05, 4.69) is 10.1 Å². The quantitative estimate of drug-likeness (QED) is 0.385. The molecule has 34 heavy (non-hydrogen) atoms. The zero-order valence-corrected chi connectivity index (χ0v) is 19.4. The van der Waals surface area contributed by atoms with Crippen LogP contribution >= 0.6 is 0 Å². The molecule has 0 fully saturated rings. The van der Waals surface area contributed by atoms with Crippen LogP contribution in [0.4, 0.5) is 0 Å². The van der Waals surface area contributed by atoms with Crippen molar-refractivity contribution >= 4 is 31.6 Å². The van der Waals surface area contributed by atoms with Gasteiger partial charge in [0, 0.05) is 31.3 Å². The number of sulfone groups is 1. The molecule has 0 amide bonds. The molecule has 0 N–H and O–H groups in total. The van der Waals surface area contributed by atoms with E-state index in [1.165, 1.54) is 7.05 Å². The molecule has 0 saturated heterocycles. The van der Waals surface area contributed by atoms with Gasteiger partial charge in [0.25, 0.3) is 5.56 Å². The summed E-state index contributed by atoms with van der Waals surface area (Å²) in [4.78, 5) is 30.2. The predicted octanol–water partition coefficient (Wildman–Crippen LogP) is 2.16. The van der Waals surface area contributed by atoms with Gasteiger partial charge in [0.15, 0.2) is 15.5 Å². The molecule has 0 aliphatic heterocycles. The highest BCUT2D eigenvalue weighted by Gasteiger charge is 2.24. The van der Waals surface area contributed by atoms with Crippen molar-refractivity contribution in [2.75, 3.05) is 6.26 Å². The fourth-order valence-electron chi connectivity index (χ4n) is 4.22. The molecule has 2 aromatic carbocycles. The third-order valence-electron chi connectivity index (χ3n) is 5.74. The highest BCUT2D eigenvalue weighted by atomic mass is 32.2. The zero-order chi connectivity index (χ0) is 24.0. The van der Waals surface area contributed by atoms with Gasteiger partial charge in [-0.2, -0.15) is 5.10 Å². The minimum absolute atomic E-state index is 0.0329. The lowest BCUT2D eigenvalue weighted by Crippen LogP contribution is -2.39. The third-order valence-corrected chi connectivity index (χ3v) is 6.47. The first-order chi connectivity index (χ1) is 16.2. The molecule has 0 bridgehead atoms. The Morgan fingerprint density at radius 3 is 2.38 bits per heavy atom. The van der Waals surface area contributed by atoms with Gasteiger partial charge in [-0.1, -0.05) is 42.5 Å². The molecule has 5 aromatic rings. The van der Waals surface area contributed by atoms with Gasteiger partial charge in [-0.3, -0.25) is 23.6 Å². The zero-order valence-electron chi connectivity index (χ0n) is 18.5. The molecule has 5 rings (SSSR count). The Bertz CT molecular complexity index is 1780. The molecule has 172 valence electrons. The Labute approximate surface area is 194 Å². The molecular formula is C24H21N5O4S. The molecule has 0 unspecified atom stereocenters. The van der Waals surface area contributed by atoms with E-state index in [9.17, 15) is 18.0 Å². The maximum Gasteiger partial charge on any atom is 0.333 e. The molecule has 0 aliphatic rings. The first-order valence-electron chi connectivity index (χ1n) is 10.5. The molecule has 0 spiro atoms. The average molecular weight is 476 g/mol. The van der Waals surface area contributed by atoms with E-state index in [-0.39, 0.29) is 11.0 Å². The Kier molecular flexibility index (Phi) is 5.17. The number of fused-ring (bicyclic) bond motifs is 2. The molecule has 3 heterocycles. The van der Waals surface area contributed by atoms with Crippen molar-refractivity contribution < 1.29 is 8.42 Å². The van der Waals surface area contributed by atoms with E-state index in [4.69, 9.17) is 0 Å². The molecular weight excluding hydrogens is 454 g/mol. The van der Waals surface area contributed by atoms with Crippen molar-refractivity contribution in [1.82, 2.24) is 23.9 Å². The van der Waals surface area contributed by atoms with E-state index in [1.54, 1.807) is 29.2 Å². The maximum absolute atomic E-state index is 13.3. The Morgan fingerprint density at radius 1 is 0.941 bits per heavy atom. The van der Waals surface area contributed by atoms with Crippen LogP contribution in [0.5, 0.6) is 0 Å². The molecule has 0 atom stereocenters. The monoisotopic (exact) mass is 475 g/mol. The molecule has 10 heteroatoms. The number of nitrogens with zero attached hydrogens (tertiary/aromatic N) is 5. The second kappa shape index (κ2) is 8.07. The van der Waals surface area contributed by atoms with Gasteiger partial charge in [-0.05, 0) is 28.5 Å². The number of hydrogen-bond donors (Lipinski definition) is 0.